The van der Waals surface area contributed by atoms with E-state index in [2.05, 4.69) is 15.6 Å². The summed E-state index contributed by atoms with van der Waals surface area (Å²) in [5, 5.41) is 5.95. The quantitative estimate of drug-likeness (QED) is 0.337. The van der Waals surface area contributed by atoms with Crippen LogP contribution >= 0.6 is 7.72 Å². The van der Waals surface area contributed by atoms with E-state index in [-0.39, 0.29) is 17.5 Å². The molecule has 0 saturated carbocycles. The van der Waals surface area contributed by atoms with Crippen molar-refractivity contribution in [1.29, 1.82) is 0 Å². The van der Waals surface area contributed by atoms with E-state index in [4.69, 9.17) is 4.74 Å². The third kappa shape index (κ3) is 7.25. The lowest BCUT2D eigenvalue weighted by atomic mass is 10.1. The lowest BCUT2D eigenvalue weighted by molar-refractivity contribution is -0.118. The molecule has 8 nitrogen and oxygen atoms in total. The van der Waals surface area contributed by atoms with Crippen molar-refractivity contribution in [3.63, 3.8) is 0 Å². The number of H-pyrrole nitrogens is 1. The fourth-order valence-corrected chi connectivity index (χ4v) is 4.15. The minimum absolute atomic E-state index is 0.0544. The molecule has 5 N–H and O–H groups in total. The molecule has 144 valence electrons. The molecule has 0 unspecified atom stereocenters. The van der Waals surface area contributed by atoms with Crippen LogP contribution in [0, 0.1) is 0 Å². The number of rotatable bonds is 8. The Morgan fingerprint density at radius 2 is 2.23 bits per heavy atom. The van der Waals surface area contributed by atoms with Crippen molar-refractivity contribution in [2.75, 3.05) is 25.9 Å². The number of pyridine rings is 1. The van der Waals surface area contributed by atoms with Gasteiger partial charge in [-0.05, 0) is 30.9 Å². The molecule has 1 aromatic heterocycles. The van der Waals surface area contributed by atoms with Gasteiger partial charge in [0.2, 0.25) is 11.5 Å². The highest BCUT2D eigenvalue weighted by atomic mass is 31.2. The Morgan fingerprint density at radius 3 is 2.88 bits per heavy atom. The van der Waals surface area contributed by atoms with E-state index in [9.17, 15) is 19.4 Å². The summed E-state index contributed by atoms with van der Waals surface area (Å²) < 4.78 is 5.64. The number of aromatic nitrogens is 1. The summed E-state index contributed by atoms with van der Waals surface area (Å²) in [4.78, 5) is 45.1. The van der Waals surface area contributed by atoms with Gasteiger partial charge in [0, 0.05) is 25.7 Å². The molecule has 0 spiro atoms. The summed E-state index contributed by atoms with van der Waals surface area (Å²) >= 11 is 0. The summed E-state index contributed by atoms with van der Waals surface area (Å²) in [7, 11) is -3.15. The average molecular weight is 384 g/mol. The zero-order chi connectivity index (χ0) is 19.0. The molecule has 1 saturated heterocycles. The van der Waals surface area contributed by atoms with Crippen LogP contribution in [0.1, 0.15) is 37.8 Å². The standard InChI is InChI=1S/C17H26N3O5P/c1-13(21)18-6-3-2-4-8-26(23,24)12-15-10-20-16(11-25-15)14-5-7-19-17(22)9-14/h5,7,9,12,16,20,23-24H,2-4,6,8,10-11H2,1H3,(H-,18,19,21,22)/p+1/t16-/m0/s1. The maximum atomic E-state index is 11.4. The Hall–Kier alpha value is -1.73. The van der Waals surface area contributed by atoms with Crippen LogP contribution in [0.15, 0.2) is 34.7 Å². The van der Waals surface area contributed by atoms with Crippen molar-refractivity contribution < 1.29 is 19.3 Å². The molecule has 0 aromatic carbocycles. The fourth-order valence-electron chi connectivity index (χ4n) is 2.70. The van der Waals surface area contributed by atoms with Gasteiger partial charge in [0.05, 0.1) is 12.6 Å². The van der Waals surface area contributed by atoms with E-state index in [1.54, 1.807) is 6.20 Å². The van der Waals surface area contributed by atoms with Gasteiger partial charge >= 0.3 is 0 Å². The number of aromatic amines is 1. The van der Waals surface area contributed by atoms with Gasteiger partial charge in [0.15, 0.2) is 5.82 Å². The molecule has 0 radical (unpaired) electrons. The second-order valence-electron chi connectivity index (χ2n) is 6.38. The molecule has 26 heavy (non-hydrogen) atoms. The molecule has 0 bridgehead atoms. The van der Waals surface area contributed by atoms with E-state index in [1.165, 1.54) is 18.8 Å². The number of unbranched alkanes of at least 4 members (excludes halogenated alkanes) is 2. The third-order valence-corrected chi connectivity index (χ3v) is 5.72. The number of amides is 1. The Kier molecular flexibility index (Phi) is 7.78. The first-order chi connectivity index (χ1) is 12.4. The smallest absolute Gasteiger partial charge is 0.296 e. The van der Waals surface area contributed by atoms with Crippen molar-refractivity contribution in [3.8, 4) is 0 Å². The zero-order valence-electron chi connectivity index (χ0n) is 14.9. The van der Waals surface area contributed by atoms with Crippen LogP contribution in [0.5, 0.6) is 0 Å². The van der Waals surface area contributed by atoms with Gasteiger partial charge in [0.25, 0.3) is 7.72 Å². The van der Waals surface area contributed by atoms with Crippen LogP contribution in [0.4, 0.5) is 0 Å². The summed E-state index contributed by atoms with van der Waals surface area (Å²) in [6.07, 6.45) is 4.20. The first kappa shape index (κ1) is 20.6. The van der Waals surface area contributed by atoms with Gasteiger partial charge in [-0.15, -0.1) is 0 Å². The van der Waals surface area contributed by atoms with Crippen molar-refractivity contribution in [2.24, 2.45) is 0 Å². The Labute approximate surface area is 153 Å². The van der Waals surface area contributed by atoms with Crippen LogP contribution < -0.4 is 16.2 Å². The van der Waals surface area contributed by atoms with E-state index in [0.29, 0.717) is 38.0 Å². The van der Waals surface area contributed by atoms with E-state index < -0.39 is 7.72 Å². The third-order valence-electron chi connectivity index (χ3n) is 4.05. The molecule has 1 aliphatic heterocycles. The van der Waals surface area contributed by atoms with Gasteiger partial charge in [-0.2, -0.15) is 0 Å². The topological polar surface area (TPSA) is 124 Å². The number of carbonyl (C=O) groups excluding carboxylic acids is 1. The highest BCUT2D eigenvalue weighted by Gasteiger charge is 2.32. The van der Waals surface area contributed by atoms with Crippen LogP contribution in [0.3, 0.4) is 0 Å². The summed E-state index contributed by atoms with van der Waals surface area (Å²) in [6.45, 7) is 2.78. The Bertz CT molecular complexity index is 679. The van der Waals surface area contributed by atoms with Crippen LogP contribution in [0.25, 0.3) is 0 Å². The first-order valence-electron chi connectivity index (χ1n) is 8.70. The maximum Gasteiger partial charge on any atom is 0.296 e. The minimum atomic E-state index is -3.15. The average Bonchev–Trinajstić information content (AvgIpc) is 2.58. The highest BCUT2D eigenvalue weighted by molar-refractivity contribution is 7.67. The van der Waals surface area contributed by atoms with Crippen molar-refractivity contribution in [3.05, 3.63) is 45.8 Å². The van der Waals surface area contributed by atoms with Crippen molar-refractivity contribution in [2.45, 2.75) is 32.2 Å². The predicted octanol–water partition coefficient (Wildman–Crippen LogP) is 1.02. The lowest BCUT2D eigenvalue weighted by Crippen LogP contribution is -2.34. The molecule has 2 heterocycles. The number of ether oxygens (including phenoxy) is 1. The number of carbonyl (C=O) groups is 1. The zero-order valence-corrected chi connectivity index (χ0v) is 15.8. The van der Waals surface area contributed by atoms with Crippen LogP contribution in [-0.2, 0) is 9.53 Å². The van der Waals surface area contributed by atoms with Gasteiger partial charge in [0.1, 0.15) is 18.5 Å². The van der Waals surface area contributed by atoms with Gasteiger partial charge in [-0.3, -0.25) is 14.9 Å². The monoisotopic (exact) mass is 384 g/mol. The normalized spacial score (nSPS) is 19.2. The SMILES string of the molecule is CC(=O)NCCCCC[P+](O)(O)C=C1CN[C@H](c2cc[nH]c(=O)c2)CO1. The molecule has 0 aliphatic carbocycles. The van der Waals surface area contributed by atoms with E-state index >= 15 is 0 Å². The van der Waals surface area contributed by atoms with E-state index in [1.807, 2.05) is 6.07 Å². The van der Waals surface area contributed by atoms with Crippen molar-refractivity contribution in [1.82, 2.24) is 15.6 Å². The molecule has 1 atom stereocenters. The molecule has 2 rings (SSSR count). The molecule has 1 aliphatic rings. The number of hydrogen-bond donors (Lipinski definition) is 5. The molecule has 1 fully saturated rings. The largest absolute Gasteiger partial charge is 0.491 e. The molecule has 1 amide bonds. The molecular weight excluding hydrogens is 357 g/mol. The predicted molar refractivity (Wildman–Crippen MR) is 101 cm³/mol. The van der Waals surface area contributed by atoms with Crippen LogP contribution in [-0.4, -0.2) is 46.5 Å². The maximum absolute atomic E-state index is 11.4. The first-order valence-corrected chi connectivity index (χ1v) is 10.6. The van der Waals surface area contributed by atoms with Crippen molar-refractivity contribution >= 4 is 13.6 Å². The Morgan fingerprint density at radius 1 is 1.42 bits per heavy atom. The lowest BCUT2D eigenvalue weighted by Gasteiger charge is -2.26. The Balaban J connectivity index is 1.75. The molecular formula is C17H27N3O5P+. The van der Waals surface area contributed by atoms with Gasteiger partial charge in [-0.25, -0.2) is 9.79 Å². The number of morpholine rings is 1. The summed E-state index contributed by atoms with van der Waals surface area (Å²) in [6, 6.07) is 3.23. The molecule has 1 aromatic rings. The van der Waals surface area contributed by atoms with E-state index in [0.717, 1.165) is 18.4 Å². The number of hydrogen-bond acceptors (Lipinski definition) is 6. The minimum Gasteiger partial charge on any atom is -0.491 e. The fraction of sp³-hybridized carbons (Fsp3) is 0.529. The highest BCUT2D eigenvalue weighted by Crippen LogP contribution is 2.53. The summed E-state index contributed by atoms with van der Waals surface area (Å²) in [5.41, 5.74) is 0.667. The number of nitrogens with one attached hydrogen (secondary N) is 3. The summed E-state index contributed by atoms with van der Waals surface area (Å²) in [5.74, 6) is 1.89. The van der Waals surface area contributed by atoms with Gasteiger partial charge in [-0.1, -0.05) is 0 Å². The van der Waals surface area contributed by atoms with Gasteiger partial charge < -0.3 is 15.0 Å². The van der Waals surface area contributed by atoms with Crippen LogP contribution in [0.2, 0.25) is 0 Å². The second-order valence-corrected chi connectivity index (χ2v) is 8.66. The molecule has 9 heteroatoms. The second kappa shape index (κ2) is 9.83.